The van der Waals surface area contributed by atoms with Crippen LogP contribution in [0, 0.1) is 0 Å². The summed E-state index contributed by atoms with van der Waals surface area (Å²) in [5.41, 5.74) is 6.67. The van der Waals surface area contributed by atoms with Crippen molar-refractivity contribution in [3.8, 4) is 0 Å². The second-order valence-electron chi connectivity index (χ2n) is 4.19. The number of nitrogens with zero attached hydrogens (tertiary/aromatic N) is 1. The van der Waals surface area contributed by atoms with Crippen molar-refractivity contribution in [1.82, 2.24) is 10.3 Å². The maximum atomic E-state index is 5.58. The molecule has 0 saturated heterocycles. The Morgan fingerprint density at radius 1 is 1.62 bits per heavy atom. The van der Waals surface area contributed by atoms with Crippen LogP contribution in [0.1, 0.15) is 25.0 Å². The molecular weight excluding hydrogens is 222 g/mol. The average Bonchev–Trinajstić information content (AvgIpc) is 2.87. The molecule has 0 amide bonds. The van der Waals surface area contributed by atoms with Crippen LogP contribution in [0.4, 0.5) is 5.13 Å². The summed E-state index contributed by atoms with van der Waals surface area (Å²) < 4.78 is 5.43. The zero-order chi connectivity index (χ0) is 11.4. The monoisotopic (exact) mass is 241 g/mol. The van der Waals surface area contributed by atoms with Crippen molar-refractivity contribution in [2.24, 2.45) is 0 Å². The third kappa shape index (κ3) is 2.93. The summed E-state index contributed by atoms with van der Waals surface area (Å²) in [5.74, 6) is 0. The van der Waals surface area contributed by atoms with Gasteiger partial charge in [0, 0.05) is 31.5 Å². The summed E-state index contributed by atoms with van der Waals surface area (Å²) in [4.78, 5) is 4.24. The van der Waals surface area contributed by atoms with Gasteiger partial charge in [0.05, 0.1) is 11.8 Å². The second kappa shape index (κ2) is 5.61. The summed E-state index contributed by atoms with van der Waals surface area (Å²) in [6.07, 6.45) is 5.00. The van der Waals surface area contributed by atoms with Crippen molar-refractivity contribution in [1.29, 1.82) is 0 Å². The van der Waals surface area contributed by atoms with Crippen LogP contribution in [-0.2, 0) is 11.2 Å². The third-order valence-electron chi connectivity index (χ3n) is 3.11. The van der Waals surface area contributed by atoms with Crippen LogP contribution in [0.25, 0.3) is 0 Å². The molecule has 0 spiro atoms. The maximum absolute atomic E-state index is 5.58. The third-order valence-corrected chi connectivity index (χ3v) is 3.84. The predicted octanol–water partition coefficient (Wildman–Crippen LogP) is 1.42. The van der Waals surface area contributed by atoms with E-state index < -0.39 is 0 Å². The largest absolute Gasteiger partial charge is 0.380 e. The van der Waals surface area contributed by atoms with E-state index in [-0.39, 0.29) is 0 Å². The number of nitrogens with one attached hydrogen (secondary N) is 1. The fraction of sp³-hybridized carbons (Fsp3) is 0.727. The summed E-state index contributed by atoms with van der Waals surface area (Å²) >= 11 is 1.51. The van der Waals surface area contributed by atoms with Gasteiger partial charge in [-0.25, -0.2) is 4.98 Å². The van der Waals surface area contributed by atoms with Gasteiger partial charge >= 0.3 is 0 Å². The lowest BCUT2D eigenvalue weighted by atomic mass is 10.2. The van der Waals surface area contributed by atoms with E-state index in [9.17, 15) is 0 Å². The average molecular weight is 241 g/mol. The highest BCUT2D eigenvalue weighted by Crippen LogP contribution is 2.21. The zero-order valence-corrected chi connectivity index (χ0v) is 10.4. The maximum Gasteiger partial charge on any atom is 0.180 e. The minimum absolute atomic E-state index is 0.389. The zero-order valence-electron chi connectivity index (χ0n) is 9.61. The molecule has 1 fully saturated rings. The van der Waals surface area contributed by atoms with Crippen molar-refractivity contribution in [3.05, 3.63) is 11.1 Å². The first-order chi connectivity index (χ1) is 7.79. The van der Waals surface area contributed by atoms with Crippen molar-refractivity contribution >= 4 is 16.5 Å². The Morgan fingerprint density at radius 2 is 2.50 bits per heavy atom. The minimum Gasteiger partial charge on any atom is -0.380 e. The molecular formula is C11H19N3OS. The molecule has 4 nitrogen and oxygen atoms in total. The van der Waals surface area contributed by atoms with Gasteiger partial charge in [0.25, 0.3) is 0 Å². The van der Waals surface area contributed by atoms with Gasteiger partial charge in [-0.15, -0.1) is 11.3 Å². The second-order valence-corrected chi connectivity index (χ2v) is 5.08. The van der Waals surface area contributed by atoms with E-state index in [0.717, 1.165) is 18.7 Å². The van der Waals surface area contributed by atoms with Gasteiger partial charge in [-0.3, -0.25) is 0 Å². The Bertz CT molecular complexity index is 329. The Morgan fingerprint density at radius 3 is 3.19 bits per heavy atom. The predicted molar refractivity (Wildman–Crippen MR) is 66.7 cm³/mol. The van der Waals surface area contributed by atoms with Crippen molar-refractivity contribution < 1.29 is 4.74 Å². The Balaban J connectivity index is 1.71. The van der Waals surface area contributed by atoms with Crippen LogP contribution < -0.4 is 11.1 Å². The lowest BCUT2D eigenvalue weighted by Crippen LogP contribution is -2.37. The smallest absolute Gasteiger partial charge is 0.180 e. The highest BCUT2D eigenvalue weighted by atomic mass is 32.1. The van der Waals surface area contributed by atoms with Crippen LogP contribution in [0.2, 0.25) is 0 Å². The van der Waals surface area contributed by atoms with Gasteiger partial charge in [-0.05, 0) is 19.3 Å². The first kappa shape index (κ1) is 11.8. The van der Waals surface area contributed by atoms with Crippen molar-refractivity contribution in [2.75, 3.05) is 19.4 Å². The normalized spacial score (nSPS) is 25.1. The minimum atomic E-state index is 0.389. The first-order valence-electron chi connectivity index (χ1n) is 5.75. The summed E-state index contributed by atoms with van der Waals surface area (Å²) in [6, 6.07) is 0.515. The molecule has 0 radical (unpaired) electrons. The van der Waals surface area contributed by atoms with Gasteiger partial charge < -0.3 is 15.8 Å². The molecule has 2 atom stereocenters. The number of anilines is 1. The number of rotatable bonds is 5. The topological polar surface area (TPSA) is 60.2 Å². The lowest BCUT2D eigenvalue weighted by molar-refractivity contribution is 0.0854. The standard InChI is InChI=1S/C11H19N3OS/c1-15-10-4-2-3-9(10)13-6-5-8-7-16-11(12)14-8/h7,9-10,13H,2-6H2,1H3,(H2,12,14). The Hall–Kier alpha value is -0.650. The van der Waals surface area contributed by atoms with Gasteiger partial charge in [-0.2, -0.15) is 0 Å². The van der Waals surface area contributed by atoms with Gasteiger partial charge in [0.1, 0.15) is 0 Å². The number of aromatic nitrogens is 1. The molecule has 5 heteroatoms. The van der Waals surface area contributed by atoms with E-state index >= 15 is 0 Å². The van der Waals surface area contributed by atoms with Gasteiger partial charge in [0.15, 0.2) is 5.13 Å². The molecule has 1 aliphatic rings. The quantitative estimate of drug-likeness (QED) is 0.818. The SMILES string of the molecule is COC1CCCC1NCCc1csc(N)n1. The van der Waals surface area contributed by atoms with Crippen LogP contribution in [-0.4, -0.2) is 30.8 Å². The Kier molecular flexibility index (Phi) is 4.15. The molecule has 1 aromatic heterocycles. The molecule has 16 heavy (non-hydrogen) atoms. The number of ether oxygens (including phenoxy) is 1. The fourth-order valence-electron chi connectivity index (χ4n) is 2.26. The summed E-state index contributed by atoms with van der Waals surface area (Å²) in [5, 5.41) is 6.22. The molecule has 0 bridgehead atoms. The van der Waals surface area contributed by atoms with Crippen LogP contribution in [0.15, 0.2) is 5.38 Å². The molecule has 90 valence electrons. The molecule has 3 N–H and O–H groups in total. The molecule has 2 rings (SSSR count). The summed E-state index contributed by atoms with van der Waals surface area (Å²) in [6.45, 7) is 0.952. The van der Waals surface area contributed by atoms with Crippen molar-refractivity contribution in [3.63, 3.8) is 0 Å². The van der Waals surface area contributed by atoms with Crippen molar-refractivity contribution in [2.45, 2.75) is 37.8 Å². The van der Waals surface area contributed by atoms with Crippen LogP contribution in [0.5, 0.6) is 0 Å². The van der Waals surface area contributed by atoms with E-state index in [1.54, 1.807) is 7.11 Å². The molecule has 0 aliphatic heterocycles. The van der Waals surface area contributed by atoms with Gasteiger partial charge in [-0.1, -0.05) is 0 Å². The molecule has 1 aromatic rings. The molecule has 1 saturated carbocycles. The molecule has 2 unspecified atom stereocenters. The number of hydrogen-bond donors (Lipinski definition) is 2. The van der Waals surface area contributed by atoms with E-state index in [2.05, 4.69) is 10.3 Å². The molecule has 1 aliphatic carbocycles. The highest BCUT2D eigenvalue weighted by Gasteiger charge is 2.26. The molecule has 0 aromatic carbocycles. The van der Waals surface area contributed by atoms with Crippen LogP contribution in [0.3, 0.4) is 0 Å². The molecule has 1 heterocycles. The van der Waals surface area contributed by atoms with E-state index in [1.807, 2.05) is 5.38 Å². The number of thiazole rings is 1. The highest BCUT2D eigenvalue weighted by molar-refractivity contribution is 7.13. The lowest BCUT2D eigenvalue weighted by Gasteiger charge is -2.19. The fourth-order valence-corrected chi connectivity index (χ4v) is 2.86. The Labute approximate surface area is 100 Å². The number of hydrogen-bond acceptors (Lipinski definition) is 5. The van der Waals surface area contributed by atoms with E-state index in [1.165, 1.54) is 30.6 Å². The van der Waals surface area contributed by atoms with Gasteiger partial charge in [0.2, 0.25) is 0 Å². The van der Waals surface area contributed by atoms with E-state index in [0.29, 0.717) is 17.3 Å². The van der Waals surface area contributed by atoms with E-state index in [4.69, 9.17) is 10.5 Å². The number of methoxy groups -OCH3 is 1. The van der Waals surface area contributed by atoms with Crippen LogP contribution >= 0.6 is 11.3 Å². The summed E-state index contributed by atoms with van der Waals surface area (Å²) in [7, 11) is 1.80. The first-order valence-corrected chi connectivity index (χ1v) is 6.63. The number of nitrogen functional groups attached to an aromatic ring is 1. The number of nitrogens with two attached hydrogens (primary N) is 1.